The van der Waals surface area contributed by atoms with Crippen molar-refractivity contribution in [2.75, 3.05) is 37.5 Å². The normalized spacial score (nSPS) is 12.5. The third kappa shape index (κ3) is 10.5. The van der Waals surface area contributed by atoms with Crippen molar-refractivity contribution in [3.05, 3.63) is 35.9 Å². The molecule has 0 aliphatic rings. The van der Waals surface area contributed by atoms with Crippen LogP contribution in [0.3, 0.4) is 0 Å². The molecule has 0 aliphatic heterocycles. The minimum Gasteiger partial charge on any atom is -0.454 e. The van der Waals surface area contributed by atoms with Crippen LogP contribution in [0.2, 0.25) is 0 Å². The van der Waals surface area contributed by atoms with Gasteiger partial charge in [-0.25, -0.2) is 4.79 Å². The summed E-state index contributed by atoms with van der Waals surface area (Å²) in [6.45, 7) is 5.91. The number of rotatable bonds is 14. The number of hydrogen-bond donors (Lipinski definition) is 1. The van der Waals surface area contributed by atoms with E-state index in [0.29, 0.717) is 37.4 Å². The molecule has 0 radical (unpaired) electrons. The van der Waals surface area contributed by atoms with Gasteiger partial charge < -0.3 is 15.0 Å². The molecule has 1 aromatic carbocycles. The van der Waals surface area contributed by atoms with Crippen molar-refractivity contribution >= 4 is 46.4 Å². The van der Waals surface area contributed by atoms with Gasteiger partial charge in [-0.05, 0) is 44.3 Å². The lowest BCUT2D eigenvalue weighted by molar-refractivity contribution is -0.154. The lowest BCUT2D eigenvalue weighted by atomic mass is 9.99. The maximum absolute atomic E-state index is 13.1. The largest absolute Gasteiger partial charge is 0.454 e. The number of ether oxygens (including phenoxy) is 1. The second-order valence-corrected chi connectivity index (χ2v) is 9.39. The Morgan fingerprint density at radius 2 is 1.75 bits per heavy atom. The van der Waals surface area contributed by atoms with Gasteiger partial charge >= 0.3 is 5.97 Å². The third-order valence-electron chi connectivity index (χ3n) is 4.85. The minimum absolute atomic E-state index is 0.0656. The highest BCUT2D eigenvalue weighted by Crippen LogP contribution is 2.17. The van der Waals surface area contributed by atoms with E-state index in [-0.39, 0.29) is 23.5 Å². The number of amides is 2. The predicted molar refractivity (Wildman–Crippen MR) is 131 cm³/mol. The van der Waals surface area contributed by atoms with Crippen LogP contribution in [-0.4, -0.2) is 71.3 Å². The van der Waals surface area contributed by atoms with Crippen LogP contribution in [0, 0.1) is 5.92 Å². The first-order valence-corrected chi connectivity index (χ1v) is 13.1. The number of thioether (sulfide) groups is 2. The molecule has 178 valence electrons. The van der Waals surface area contributed by atoms with Crippen LogP contribution < -0.4 is 5.32 Å². The molecular formula is C23H34N2O5S2. The van der Waals surface area contributed by atoms with Gasteiger partial charge in [0.15, 0.2) is 11.7 Å². The summed E-state index contributed by atoms with van der Waals surface area (Å²) in [5.41, 5.74) is 0.977. The minimum atomic E-state index is -0.847. The fourth-order valence-electron chi connectivity index (χ4n) is 3.02. The van der Waals surface area contributed by atoms with Crippen molar-refractivity contribution in [1.82, 2.24) is 10.2 Å². The first-order chi connectivity index (χ1) is 15.3. The van der Waals surface area contributed by atoms with Gasteiger partial charge in [-0.2, -0.15) is 11.8 Å². The molecule has 7 nitrogen and oxygen atoms in total. The average molecular weight is 483 g/mol. The molecule has 32 heavy (non-hydrogen) atoms. The Morgan fingerprint density at radius 1 is 1.09 bits per heavy atom. The number of carbonyl (C=O) groups excluding carboxylic acids is 4. The van der Waals surface area contributed by atoms with Crippen LogP contribution >= 0.6 is 23.5 Å². The number of nitrogens with one attached hydrogen (secondary N) is 1. The Morgan fingerprint density at radius 3 is 2.31 bits per heavy atom. The van der Waals surface area contributed by atoms with Gasteiger partial charge in [0.05, 0.1) is 5.92 Å². The average Bonchev–Trinajstić information content (AvgIpc) is 2.78. The molecule has 0 aromatic heterocycles. The Labute approximate surface area is 199 Å². The van der Waals surface area contributed by atoms with Crippen molar-refractivity contribution in [2.45, 2.75) is 39.7 Å². The lowest BCUT2D eigenvalue weighted by Crippen LogP contribution is -2.46. The van der Waals surface area contributed by atoms with E-state index >= 15 is 0 Å². The van der Waals surface area contributed by atoms with Gasteiger partial charge in [0.2, 0.25) is 5.91 Å². The summed E-state index contributed by atoms with van der Waals surface area (Å²) in [4.78, 5) is 50.9. The van der Waals surface area contributed by atoms with Gasteiger partial charge in [-0.3, -0.25) is 14.4 Å². The van der Waals surface area contributed by atoms with Gasteiger partial charge in [-0.15, -0.1) is 0 Å². The summed E-state index contributed by atoms with van der Waals surface area (Å²) in [7, 11) is 0. The van der Waals surface area contributed by atoms with E-state index in [9.17, 15) is 19.2 Å². The highest BCUT2D eigenvalue weighted by molar-refractivity contribution is 8.13. The van der Waals surface area contributed by atoms with Crippen LogP contribution in [0.5, 0.6) is 0 Å². The fraction of sp³-hybridized carbons (Fsp3) is 0.565. The second-order valence-electron chi connectivity index (χ2n) is 7.21. The number of benzene rings is 1. The fourth-order valence-corrected chi connectivity index (χ4v) is 4.20. The van der Waals surface area contributed by atoms with Gasteiger partial charge in [0.1, 0.15) is 6.04 Å². The Hall–Kier alpha value is -2.00. The van der Waals surface area contributed by atoms with E-state index < -0.39 is 17.9 Å². The number of carbonyl (C=O) groups is 4. The monoisotopic (exact) mass is 482 g/mol. The summed E-state index contributed by atoms with van der Waals surface area (Å²) < 4.78 is 5.23. The predicted octanol–water partition coefficient (Wildman–Crippen LogP) is 2.77. The third-order valence-corrected chi connectivity index (χ3v) is 6.47. The molecule has 0 saturated carbocycles. The summed E-state index contributed by atoms with van der Waals surface area (Å²) >= 11 is 2.65. The molecule has 0 heterocycles. The molecule has 9 heteroatoms. The quantitative estimate of drug-likeness (QED) is 0.408. The zero-order valence-electron chi connectivity index (χ0n) is 19.3. The second kappa shape index (κ2) is 15.7. The SMILES string of the molecule is CCN(CC)C(=O)COC(=O)[C@H](CCSC)NC(=O)[C@H](CSC(C)=O)Cc1ccccc1. The molecule has 0 bridgehead atoms. The smallest absolute Gasteiger partial charge is 0.329 e. The van der Waals surface area contributed by atoms with Gasteiger partial charge in [0, 0.05) is 25.8 Å². The van der Waals surface area contributed by atoms with E-state index in [0.717, 1.165) is 17.3 Å². The van der Waals surface area contributed by atoms with Crippen molar-refractivity contribution < 1.29 is 23.9 Å². The lowest BCUT2D eigenvalue weighted by Gasteiger charge is -2.23. The molecule has 0 saturated heterocycles. The van der Waals surface area contributed by atoms with Crippen LogP contribution in [-0.2, 0) is 30.3 Å². The number of nitrogens with zero attached hydrogens (tertiary/aromatic N) is 1. The van der Waals surface area contributed by atoms with E-state index in [1.165, 1.54) is 6.92 Å². The topological polar surface area (TPSA) is 92.8 Å². The van der Waals surface area contributed by atoms with Crippen molar-refractivity contribution in [1.29, 1.82) is 0 Å². The highest BCUT2D eigenvalue weighted by Gasteiger charge is 2.28. The van der Waals surface area contributed by atoms with Crippen molar-refractivity contribution in [3.63, 3.8) is 0 Å². The summed E-state index contributed by atoms with van der Waals surface area (Å²) in [6.07, 6.45) is 2.76. The Balaban J connectivity index is 2.84. The molecule has 1 N–H and O–H groups in total. The van der Waals surface area contributed by atoms with Crippen molar-refractivity contribution in [2.24, 2.45) is 5.92 Å². The summed E-state index contributed by atoms with van der Waals surface area (Å²) in [5.74, 6) is -0.700. The molecular weight excluding hydrogens is 448 g/mol. The summed E-state index contributed by atoms with van der Waals surface area (Å²) in [6, 6.07) is 8.70. The molecule has 2 amide bonds. The van der Waals surface area contributed by atoms with Crippen LogP contribution in [0.1, 0.15) is 32.8 Å². The zero-order chi connectivity index (χ0) is 23.9. The molecule has 0 aliphatic carbocycles. The number of likely N-dealkylation sites (N-methyl/N-ethyl adjacent to an activating group) is 1. The first kappa shape index (κ1) is 28.0. The van der Waals surface area contributed by atoms with E-state index in [4.69, 9.17) is 4.74 Å². The van der Waals surface area contributed by atoms with E-state index in [2.05, 4.69) is 5.32 Å². The maximum atomic E-state index is 13.1. The number of esters is 1. The summed E-state index contributed by atoms with van der Waals surface area (Å²) in [5, 5.41) is 2.73. The van der Waals surface area contributed by atoms with Crippen LogP contribution in [0.15, 0.2) is 30.3 Å². The van der Waals surface area contributed by atoms with Gasteiger partial charge in [-0.1, -0.05) is 42.1 Å². The van der Waals surface area contributed by atoms with Gasteiger partial charge in [0.25, 0.3) is 5.91 Å². The molecule has 0 unspecified atom stereocenters. The molecule has 0 fully saturated rings. The van der Waals surface area contributed by atoms with E-state index in [1.807, 2.05) is 50.4 Å². The molecule has 2 atom stereocenters. The molecule has 1 rings (SSSR count). The standard InChI is InChI=1S/C23H34N2O5S2/c1-5-25(6-2)21(27)15-30-23(29)20(12-13-31-4)24-22(28)19(16-32-17(3)26)14-18-10-8-7-9-11-18/h7-11,19-20H,5-6,12-16H2,1-4H3,(H,24,28)/t19-,20-/m0/s1. The first-order valence-electron chi connectivity index (χ1n) is 10.7. The zero-order valence-corrected chi connectivity index (χ0v) is 20.9. The Kier molecular flexibility index (Phi) is 13.8. The maximum Gasteiger partial charge on any atom is 0.329 e. The Bertz CT molecular complexity index is 741. The van der Waals surface area contributed by atoms with E-state index in [1.54, 1.807) is 16.7 Å². The number of hydrogen-bond acceptors (Lipinski definition) is 7. The van der Waals surface area contributed by atoms with Crippen LogP contribution in [0.4, 0.5) is 0 Å². The molecule has 0 spiro atoms. The molecule has 1 aromatic rings. The van der Waals surface area contributed by atoms with Crippen molar-refractivity contribution in [3.8, 4) is 0 Å². The highest BCUT2D eigenvalue weighted by atomic mass is 32.2. The van der Waals surface area contributed by atoms with Crippen LogP contribution in [0.25, 0.3) is 0 Å².